The van der Waals surface area contributed by atoms with Crippen LogP contribution in [0.1, 0.15) is 35.3 Å². The van der Waals surface area contributed by atoms with Crippen molar-refractivity contribution in [1.29, 1.82) is 0 Å². The molecule has 0 spiro atoms. The Bertz CT molecular complexity index is 817. The Morgan fingerprint density at radius 2 is 1.78 bits per heavy atom. The molecule has 1 fully saturated rings. The zero-order chi connectivity index (χ0) is 21.9. The fourth-order valence-corrected chi connectivity index (χ4v) is 4.26. The lowest BCUT2D eigenvalue weighted by atomic mass is 10.1. The number of aliphatic imine (C=N–C) groups is 1. The first-order valence-corrected chi connectivity index (χ1v) is 12.0. The first kappa shape index (κ1) is 26.6. The van der Waals surface area contributed by atoms with Gasteiger partial charge in [-0.3, -0.25) is 9.69 Å². The largest absolute Gasteiger partial charge is 0.356 e. The molecular formula is C24H36IN5OS. The molecule has 1 aliphatic heterocycles. The van der Waals surface area contributed by atoms with E-state index in [1.807, 2.05) is 0 Å². The lowest BCUT2D eigenvalue weighted by Crippen LogP contribution is -2.43. The van der Waals surface area contributed by atoms with Crippen LogP contribution in [0.2, 0.25) is 0 Å². The lowest BCUT2D eigenvalue weighted by molar-refractivity contribution is -0.127. The standard InChI is InChI=1S/C24H35N5OS.HI/c1-28(2)23(30)18-27-24(25-13-12-22-7-6-16-31-22)26-17-20-8-10-21(11-9-20)19-29-14-4-3-5-15-29;/h6-11,16H,3-5,12-15,17-19H2,1-2H3,(H2,25,26,27);1H. The highest BCUT2D eigenvalue weighted by Crippen LogP contribution is 2.14. The van der Waals surface area contributed by atoms with Gasteiger partial charge in [0.05, 0.1) is 13.1 Å². The quantitative estimate of drug-likeness (QED) is 0.275. The van der Waals surface area contributed by atoms with Crippen molar-refractivity contribution in [3.05, 3.63) is 57.8 Å². The van der Waals surface area contributed by atoms with E-state index in [1.54, 1.807) is 30.3 Å². The fourth-order valence-electron chi connectivity index (χ4n) is 3.55. The number of nitrogens with one attached hydrogen (secondary N) is 2. The molecule has 0 atom stereocenters. The van der Waals surface area contributed by atoms with E-state index in [9.17, 15) is 4.79 Å². The molecule has 32 heavy (non-hydrogen) atoms. The third-order valence-electron chi connectivity index (χ3n) is 5.45. The van der Waals surface area contributed by atoms with Crippen LogP contribution in [0.4, 0.5) is 0 Å². The van der Waals surface area contributed by atoms with Crippen molar-refractivity contribution < 1.29 is 4.79 Å². The minimum Gasteiger partial charge on any atom is -0.356 e. The zero-order valence-corrected chi connectivity index (χ0v) is 22.3. The van der Waals surface area contributed by atoms with E-state index in [-0.39, 0.29) is 36.4 Å². The Kier molecular flexibility index (Phi) is 12.0. The van der Waals surface area contributed by atoms with Crippen molar-refractivity contribution >= 4 is 47.2 Å². The monoisotopic (exact) mass is 569 g/mol. The number of benzene rings is 1. The van der Waals surface area contributed by atoms with E-state index in [0.717, 1.165) is 19.5 Å². The van der Waals surface area contributed by atoms with Crippen LogP contribution in [0.3, 0.4) is 0 Å². The van der Waals surface area contributed by atoms with Gasteiger partial charge in [-0.25, -0.2) is 4.99 Å². The third-order valence-corrected chi connectivity index (χ3v) is 6.38. The van der Waals surface area contributed by atoms with Gasteiger partial charge in [0, 0.05) is 32.1 Å². The number of hydrogen-bond acceptors (Lipinski definition) is 4. The fraction of sp³-hybridized carbons (Fsp3) is 0.500. The Labute approximate surface area is 213 Å². The van der Waals surface area contributed by atoms with Gasteiger partial charge >= 0.3 is 0 Å². The van der Waals surface area contributed by atoms with Crippen molar-refractivity contribution in [2.24, 2.45) is 4.99 Å². The summed E-state index contributed by atoms with van der Waals surface area (Å²) in [5.41, 5.74) is 2.53. The number of halogens is 1. The number of carbonyl (C=O) groups is 1. The summed E-state index contributed by atoms with van der Waals surface area (Å²) in [5.74, 6) is 0.693. The van der Waals surface area contributed by atoms with E-state index < -0.39 is 0 Å². The predicted molar refractivity (Wildman–Crippen MR) is 145 cm³/mol. The molecular weight excluding hydrogens is 533 g/mol. The van der Waals surface area contributed by atoms with Gasteiger partial charge in [-0.1, -0.05) is 36.8 Å². The number of likely N-dealkylation sites (N-methyl/N-ethyl adjacent to an activating group) is 1. The van der Waals surface area contributed by atoms with Gasteiger partial charge in [0.2, 0.25) is 5.91 Å². The SMILES string of the molecule is CN(C)C(=O)CNC(=NCc1ccc(CN2CCCCC2)cc1)NCCc1cccs1.I. The van der Waals surface area contributed by atoms with Crippen molar-refractivity contribution in [3.8, 4) is 0 Å². The predicted octanol–water partition coefficient (Wildman–Crippen LogP) is 3.72. The van der Waals surface area contributed by atoms with Crippen LogP contribution in [-0.4, -0.2) is 61.9 Å². The van der Waals surface area contributed by atoms with E-state index in [0.29, 0.717) is 12.5 Å². The van der Waals surface area contributed by atoms with Crippen molar-refractivity contribution in [2.45, 2.75) is 38.8 Å². The minimum absolute atomic E-state index is 0. The van der Waals surface area contributed by atoms with Gasteiger partial charge in [0.15, 0.2) is 5.96 Å². The molecule has 176 valence electrons. The van der Waals surface area contributed by atoms with Crippen molar-refractivity contribution in [3.63, 3.8) is 0 Å². The van der Waals surface area contributed by atoms with Gasteiger partial charge < -0.3 is 15.5 Å². The summed E-state index contributed by atoms with van der Waals surface area (Å²) < 4.78 is 0. The average Bonchev–Trinajstić information content (AvgIpc) is 3.30. The van der Waals surface area contributed by atoms with Gasteiger partial charge in [0.25, 0.3) is 0 Å². The number of nitrogens with zero attached hydrogens (tertiary/aromatic N) is 3. The number of guanidine groups is 1. The highest BCUT2D eigenvalue weighted by Gasteiger charge is 2.10. The molecule has 0 aliphatic carbocycles. The van der Waals surface area contributed by atoms with Crippen LogP contribution in [0, 0.1) is 0 Å². The molecule has 1 aromatic heterocycles. The maximum atomic E-state index is 12.0. The highest BCUT2D eigenvalue weighted by molar-refractivity contribution is 14.0. The van der Waals surface area contributed by atoms with Crippen LogP contribution in [0.5, 0.6) is 0 Å². The second-order valence-electron chi connectivity index (χ2n) is 8.22. The summed E-state index contributed by atoms with van der Waals surface area (Å²) in [5, 5.41) is 8.61. The number of hydrogen-bond donors (Lipinski definition) is 2. The summed E-state index contributed by atoms with van der Waals surface area (Å²) >= 11 is 1.76. The van der Waals surface area contributed by atoms with Crippen molar-refractivity contribution in [2.75, 3.05) is 40.3 Å². The molecule has 8 heteroatoms. The Morgan fingerprint density at radius 1 is 1.06 bits per heavy atom. The van der Waals surface area contributed by atoms with Crippen LogP contribution in [0.15, 0.2) is 46.8 Å². The Balaban J connectivity index is 0.00000363. The second kappa shape index (κ2) is 14.5. The second-order valence-corrected chi connectivity index (χ2v) is 9.25. The van der Waals surface area contributed by atoms with E-state index >= 15 is 0 Å². The smallest absolute Gasteiger partial charge is 0.241 e. The van der Waals surface area contributed by atoms with E-state index in [2.05, 4.69) is 57.3 Å². The summed E-state index contributed by atoms with van der Waals surface area (Å²) in [7, 11) is 3.52. The number of carbonyl (C=O) groups excluding carboxylic acids is 1. The molecule has 0 radical (unpaired) electrons. The molecule has 1 aromatic carbocycles. The summed E-state index contributed by atoms with van der Waals surface area (Å²) in [6, 6.07) is 13.0. The minimum atomic E-state index is 0. The highest BCUT2D eigenvalue weighted by atomic mass is 127. The lowest BCUT2D eigenvalue weighted by Gasteiger charge is -2.26. The van der Waals surface area contributed by atoms with Crippen LogP contribution < -0.4 is 10.6 Å². The number of likely N-dealkylation sites (tertiary alicyclic amines) is 1. The van der Waals surface area contributed by atoms with E-state index in [4.69, 9.17) is 4.99 Å². The number of thiophene rings is 1. The topological polar surface area (TPSA) is 60.0 Å². The summed E-state index contributed by atoms with van der Waals surface area (Å²) in [6.45, 7) is 5.04. The molecule has 0 saturated carbocycles. The van der Waals surface area contributed by atoms with E-state index in [1.165, 1.54) is 48.4 Å². The number of amides is 1. The third kappa shape index (κ3) is 9.46. The molecule has 1 amide bonds. The molecule has 3 rings (SSSR count). The molecule has 2 N–H and O–H groups in total. The average molecular weight is 570 g/mol. The Hall–Kier alpha value is -1.65. The molecule has 6 nitrogen and oxygen atoms in total. The van der Waals surface area contributed by atoms with Crippen molar-refractivity contribution in [1.82, 2.24) is 20.4 Å². The van der Waals surface area contributed by atoms with Crippen LogP contribution in [0.25, 0.3) is 0 Å². The summed E-state index contributed by atoms with van der Waals surface area (Å²) in [4.78, 5) is 22.1. The molecule has 2 aromatic rings. The molecule has 1 aliphatic rings. The van der Waals surface area contributed by atoms with Crippen LogP contribution >= 0.6 is 35.3 Å². The zero-order valence-electron chi connectivity index (χ0n) is 19.2. The van der Waals surface area contributed by atoms with Gasteiger partial charge in [-0.2, -0.15) is 0 Å². The molecule has 0 unspecified atom stereocenters. The Morgan fingerprint density at radius 3 is 2.44 bits per heavy atom. The van der Waals surface area contributed by atoms with Gasteiger partial charge in [-0.05, 0) is 54.9 Å². The normalized spacial score (nSPS) is 14.5. The molecule has 1 saturated heterocycles. The van der Waals surface area contributed by atoms with Crippen LogP contribution in [-0.2, 0) is 24.3 Å². The maximum absolute atomic E-state index is 12.0. The van der Waals surface area contributed by atoms with Gasteiger partial charge in [0.1, 0.15) is 0 Å². The molecule has 0 bridgehead atoms. The summed E-state index contributed by atoms with van der Waals surface area (Å²) in [6.07, 6.45) is 4.94. The number of rotatable bonds is 9. The number of piperidine rings is 1. The van der Waals surface area contributed by atoms with Gasteiger partial charge in [-0.15, -0.1) is 35.3 Å². The first-order valence-electron chi connectivity index (χ1n) is 11.1. The maximum Gasteiger partial charge on any atom is 0.241 e. The molecule has 2 heterocycles. The first-order chi connectivity index (χ1) is 15.1.